The number of fused-ring (bicyclic) bond motifs is 10. The van der Waals surface area contributed by atoms with Crippen LogP contribution in [0.15, 0.2) is 373 Å². The van der Waals surface area contributed by atoms with Crippen LogP contribution in [-0.2, 0) is 0 Å². The molecule has 448 valence electrons. The van der Waals surface area contributed by atoms with Gasteiger partial charge in [0.2, 0.25) is 0 Å². The predicted molar refractivity (Wildman–Crippen MR) is 406 cm³/mol. The zero-order valence-electron chi connectivity index (χ0n) is 57.1. The molecule has 0 radical (unpaired) electrons. The fourth-order valence-corrected chi connectivity index (χ4v) is 14.7. The van der Waals surface area contributed by atoms with Crippen molar-refractivity contribution in [1.29, 1.82) is 0 Å². The molecule has 0 amide bonds. The Bertz CT molecular complexity index is 6320. The van der Waals surface area contributed by atoms with E-state index in [1.807, 2.05) is 60.7 Å². The monoisotopic (exact) mass is 1230 g/mol. The summed E-state index contributed by atoms with van der Waals surface area (Å²) in [6.45, 7) is 0. The van der Waals surface area contributed by atoms with Gasteiger partial charge in [-0.25, -0.2) is 0 Å². The largest absolute Gasteiger partial charge is 0.455 e. The molecule has 0 aliphatic rings. The SMILES string of the molecule is [2H]c1c([2H])c([2H])c(-c2c3ccccc3c(-c3ccc4oc5c(-c6ccccc6)ccc(-c6ccc(-c7ccccc7)cc6)c5c4c3)c3ccccc23)c([2H])c1[2H].c1ccc(-c2cc(-c3ccccc3)c3oc4ccc(-c5c6ccccc6c(-c6ccccc6)c6ccccc56)cc4c3c2)cc1. The second kappa shape index (κ2) is 23.8. The van der Waals surface area contributed by atoms with E-state index in [2.05, 4.69) is 273 Å². The number of rotatable bonds is 9. The molecule has 0 fully saturated rings. The molecular weight excluding hydrogens is 1160 g/mol. The lowest BCUT2D eigenvalue weighted by atomic mass is 9.85. The van der Waals surface area contributed by atoms with E-state index in [4.69, 9.17) is 15.7 Å². The van der Waals surface area contributed by atoms with Gasteiger partial charge < -0.3 is 8.83 Å². The highest BCUT2D eigenvalue weighted by Crippen LogP contribution is 2.50. The van der Waals surface area contributed by atoms with Gasteiger partial charge >= 0.3 is 0 Å². The van der Waals surface area contributed by atoms with E-state index in [0.29, 0.717) is 5.56 Å². The minimum absolute atomic E-state index is 0.197. The molecule has 2 heterocycles. The van der Waals surface area contributed by atoms with Crippen LogP contribution in [0, 0.1) is 0 Å². The lowest BCUT2D eigenvalue weighted by Crippen LogP contribution is -1.90. The van der Waals surface area contributed by atoms with E-state index < -0.39 is 6.04 Å². The molecule has 2 aromatic heterocycles. The van der Waals surface area contributed by atoms with Crippen molar-refractivity contribution in [2.24, 2.45) is 0 Å². The minimum atomic E-state index is -0.406. The molecule has 19 aromatic rings. The molecule has 0 spiro atoms. The molecule has 0 N–H and O–H groups in total. The number of furan rings is 2. The third-order valence-electron chi connectivity index (χ3n) is 19.0. The van der Waals surface area contributed by atoms with Gasteiger partial charge in [0, 0.05) is 32.7 Å². The van der Waals surface area contributed by atoms with Gasteiger partial charge in [-0.1, -0.05) is 321 Å². The highest BCUT2D eigenvalue weighted by molar-refractivity contribution is 6.25. The molecule has 0 aliphatic carbocycles. The maximum Gasteiger partial charge on any atom is 0.143 e. The number of benzene rings is 17. The van der Waals surface area contributed by atoms with Crippen molar-refractivity contribution >= 4 is 87.0 Å². The molecule has 0 aliphatic heterocycles. The maximum absolute atomic E-state index is 8.93. The Morgan fingerprint density at radius 3 is 1.00 bits per heavy atom. The van der Waals surface area contributed by atoms with Crippen LogP contribution in [0.5, 0.6) is 0 Å². The Morgan fingerprint density at radius 1 is 0.188 bits per heavy atom. The molecule has 2 nitrogen and oxygen atoms in total. The third kappa shape index (κ3) is 9.74. The molecule has 0 unspecified atom stereocenters. The van der Waals surface area contributed by atoms with E-state index in [1.165, 1.54) is 60.5 Å². The topological polar surface area (TPSA) is 26.3 Å². The summed E-state index contributed by atoms with van der Waals surface area (Å²) in [5.41, 5.74) is 22.3. The Hall–Kier alpha value is -12.6. The first kappa shape index (κ1) is 51.0. The second-order valence-corrected chi connectivity index (χ2v) is 24.5. The minimum Gasteiger partial charge on any atom is -0.455 e. The van der Waals surface area contributed by atoms with E-state index >= 15 is 0 Å². The van der Waals surface area contributed by atoms with Crippen molar-refractivity contribution in [3.63, 3.8) is 0 Å². The van der Waals surface area contributed by atoms with Crippen LogP contribution < -0.4 is 0 Å². The summed E-state index contributed by atoms with van der Waals surface area (Å²) in [5, 5.41) is 12.7. The standard InChI is InChI=1S/C50H32O.C44H28O/c1-4-14-33(15-5-1)34-24-26-36(27-25-34)39-29-30-40(35-16-6-2-7-17-35)50-49(39)45-32-38(28-31-46(45)51-50)48-43-22-12-10-20-41(43)47(37-18-8-3-9-19-37)42-21-11-13-23-44(42)48;1-4-14-29(15-5-1)33-27-38(30-16-6-2-7-17-30)44-40(28-33)39-26-32(24-25-41(39)45-44)43-36-22-12-10-20-34(36)42(31-18-8-3-9-19-31)35-21-11-13-23-37(35)43/h1-32H;1-28H/i3D,8D,9D,18D,19D;. The quantitative estimate of drug-likeness (QED) is 0.135. The van der Waals surface area contributed by atoms with Gasteiger partial charge in [0.15, 0.2) is 0 Å². The first-order valence-electron chi connectivity index (χ1n) is 35.0. The van der Waals surface area contributed by atoms with Crippen molar-refractivity contribution in [3.8, 4) is 100 Å². The summed E-state index contributed by atoms with van der Waals surface area (Å²) in [6, 6.07) is 115. The van der Waals surface area contributed by atoms with Gasteiger partial charge in [0.25, 0.3) is 0 Å². The first-order chi connectivity index (χ1) is 49.7. The first-order valence-corrected chi connectivity index (χ1v) is 32.5. The van der Waals surface area contributed by atoms with Crippen molar-refractivity contribution in [2.45, 2.75) is 0 Å². The summed E-state index contributed by atoms with van der Waals surface area (Å²) in [5.74, 6) is 0. The molecule has 2 heteroatoms. The van der Waals surface area contributed by atoms with Gasteiger partial charge in [-0.2, -0.15) is 0 Å². The van der Waals surface area contributed by atoms with Crippen LogP contribution in [0.2, 0.25) is 0 Å². The number of hydrogen-bond donors (Lipinski definition) is 0. The second-order valence-electron chi connectivity index (χ2n) is 24.5. The molecule has 0 atom stereocenters. The molecular formula is C94H60O2. The number of hydrogen-bond acceptors (Lipinski definition) is 2. The lowest BCUT2D eigenvalue weighted by molar-refractivity contribution is 0.669. The van der Waals surface area contributed by atoms with Gasteiger partial charge in [-0.05, 0) is 175 Å². The van der Waals surface area contributed by atoms with Crippen LogP contribution >= 0.6 is 0 Å². The smallest absolute Gasteiger partial charge is 0.143 e. The zero-order chi connectivity index (χ0) is 67.8. The molecule has 0 bridgehead atoms. The van der Waals surface area contributed by atoms with Gasteiger partial charge in [0.05, 0.1) is 6.85 Å². The van der Waals surface area contributed by atoms with Gasteiger partial charge in [-0.3, -0.25) is 0 Å². The molecule has 0 saturated heterocycles. The molecule has 19 rings (SSSR count). The molecule has 0 saturated carbocycles. The summed E-state index contributed by atoms with van der Waals surface area (Å²) in [6.07, 6.45) is 0. The average Bonchev–Trinajstić information content (AvgIpc) is 1.49. The van der Waals surface area contributed by atoms with Crippen molar-refractivity contribution in [2.75, 3.05) is 0 Å². The zero-order valence-corrected chi connectivity index (χ0v) is 52.1. The fourth-order valence-electron chi connectivity index (χ4n) is 14.7. The van der Waals surface area contributed by atoms with Crippen molar-refractivity contribution in [3.05, 3.63) is 364 Å². The van der Waals surface area contributed by atoms with Crippen LogP contribution in [0.25, 0.3) is 187 Å². The normalized spacial score (nSPS) is 12.3. The predicted octanol–water partition coefficient (Wildman–Crippen LogP) is 26.8. The summed E-state index contributed by atoms with van der Waals surface area (Å²) in [7, 11) is 0. The Balaban J connectivity index is 0.000000148. The van der Waals surface area contributed by atoms with Crippen LogP contribution in [0.1, 0.15) is 6.85 Å². The van der Waals surface area contributed by atoms with Gasteiger partial charge in [-0.15, -0.1) is 0 Å². The Morgan fingerprint density at radius 2 is 0.510 bits per heavy atom. The van der Waals surface area contributed by atoms with Crippen LogP contribution in [0.3, 0.4) is 0 Å². The molecule has 96 heavy (non-hydrogen) atoms. The summed E-state index contributed by atoms with van der Waals surface area (Å²) < 4.78 is 56.6. The Labute approximate surface area is 563 Å². The Kier molecular flexibility index (Phi) is 12.6. The highest BCUT2D eigenvalue weighted by Gasteiger charge is 2.23. The fraction of sp³-hybridized carbons (Fsp3) is 0. The van der Waals surface area contributed by atoms with E-state index in [1.54, 1.807) is 0 Å². The van der Waals surface area contributed by atoms with Crippen molar-refractivity contribution in [1.82, 2.24) is 0 Å². The third-order valence-corrected chi connectivity index (χ3v) is 19.0. The highest BCUT2D eigenvalue weighted by atomic mass is 16.3. The summed E-state index contributed by atoms with van der Waals surface area (Å²) >= 11 is 0. The van der Waals surface area contributed by atoms with Crippen LogP contribution in [-0.4, -0.2) is 0 Å². The van der Waals surface area contributed by atoms with E-state index in [9.17, 15) is 0 Å². The van der Waals surface area contributed by atoms with Crippen LogP contribution in [0.4, 0.5) is 0 Å². The lowest BCUT2D eigenvalue weighted by Gasteiger charge is -2.17. The molecule has 17 aromatic carbocycles. The van der Waals surface area contributed by atoms with E-state index in [-0.39, 0.29) is 29.7 Å². The maximum atomic E-state index is 8.93. The van der Waals surface area contributed by atoms with E-state index in [0.717, 1.165) is 115 Å². The van der Waals surface area contributed by atoms with Gasteiger partial charge in [0.1, 0.15) is 22.3 Å². The van der Waals surface area contributed by atoms with Crippen molar-refractivity contribution < 1.29 is 15.7 Å². The average molecular weight is 1230 g/mol. The summed E-state index contributed by atoms with van der Waals surface area (Å²) in [4.78, 5) is 0.